The summed E-state index contributed by atoms with van der Waals surface area (Å²) in [6.07, 6.45) is 0. The second-order valence-electron chi connectivity index (χ2n) is 24.6. The molecule has 15 aromatic carbocycles. The van der Waals surface area contributed by atoms with E-state index < -0.39 is 7.38 Å². The number of halogens is 1. The molecule has 452 valence electrons. The normalized spacial score (nSPS) is 11.4. The fourth-order valence-corrected chi connectivity index (χ4v) is 21.5. The van der Waals surface area contributed by atoms with Crippen LogP contribution in [0.1, 0.15) is 16.7 Å². The summed E-state index contributed by atoms with van der Waals surface area (Å²) in [7, 11) is -4.73. The number of benzene rings is 15. The Morgan fingerprint density at radius 3 is 0.411 bits per heavy atom. The quantitative estimate of drug-likeness (QED) is 0.0545. The first-order chi connectivity index (χ1) is 46.9. The first-order valence-electron chi connectivity index (χ1n) is 32.9. The van der Waals surface area contributed by atoms with Crippen molar-refractivity contribution in [1.29, 1.82) is 0 Å². The van der Waals surface area contributed by atoms with Gasteiger partial charge in [-0.2, -0.15) is 0 Å². The van der Waals surface area contributed by atoms with Crippen LogP contribution >= 0.6 is 11.1 Å². The number of rotatable bonds is 15. The maximum Gasteiger partial charge on any atom is 0.251 e. The van der Waals surface area contributed by atoms with Gasteiger partial charge in [0.05, 0.1) is 0 Å². The van der Waals surface area contributed by atoms with Gasteiger partial charge in [0, 0.05) is 0 Å². The van der Waals surface area contributed by atoms with E-state index in [4.69, 9.17) is 0 Å². The fourth-order valence-electron chi connectivity index (χ4n) is 15.2. The van der Waals surface area contributed by atoms with E-state index in [1.165, 1.54) is 0 Å². The third-order valence-electron chi connectivity index (χ3n) is 19.0. The Morgan fingerprint density at radius 1 is 0.147 bits per heavy atom. The minimum atomic E-state index is -4.73. The molecule has 0 bridgehead atoms. The molecule has 2 heteroatoms. The summed E-state index contributed by atoms with van der Waals surface area (Å²) in [5.74, 6) is 0. The van der Waals surface area contributed by atoms with Crippen LogP contribution in [0.5, 0.6) is 0 Å². The number of hydrogen-bond donors (Lipinski definition) is 0. The summed E-state index contributed by atoms with van der Waals surface area (Å²) in [5.41, 5.74) is 30.0. The van der Waals surface area contributed by atoms with E-state index >= 15 is 0 Å². The monoisotopic (exact) mass is 1250 g/mol. The van der Waals surface area contributed by atoms with Crippen molar-refractivity contribution in [1.82, 2.24) is 0 Å². The van der Waals surface area contributed by atoms with Crippen LogP contribution in [-0.4, -0.2) is 7.38 Å². The zero-order valence-corrected chi connectivity index (χ0v) is 55.3. The predicted octanol–water partition coefficient (Wildman–Crippen LogP) is 23.8. The van der Waals surface area contributed by atoms with Crippen LogP contribution in [0.25, 0.3) is 134 Å². The Labute approximate surface area is 565 Å². The second kappa shape index (κ2) is 26.4. The molecule has 0 unspecified atom stereocenters. The Kier molecular flexibility index (Phi) is 16.7. The molecule has 0 saturated heterocycles. The third kappa shape index (κ3) is 10.9. The zero-order chi connectivity index (χ0) is 64.2. The summed E-state index contributed by atoms with van der Waals surface area (Å²) in [6, 6.07) is 134. The molecular formula is C93H69ClSi. The van der Waals surface area contributed by atoms with E-state index in [0.29, 0.717) is 0 Å². The van der Waals surface area contributed by atoms with Crippen molar-refractivity contribution in [2.45, 2.75) is 20.8 Å². The van der Waals surface area contributed by atoms with Crippen molar-refractivity contribution in [3.63, 3.8) is 0 Å². The maximum absolute atomic E-state index is 11.0. The highest BCUT2D eigenvalue weighted by atomic mass is 35.6. The fraction of sp³-hybridized carbons (Fsp3) is 0.0323. The van der Waals surface area contributed by atoms with Crippen LogP contribution in [0.2, 0.25) is 0 Å². The van der Waals surface area contributed by atoms with Crippen LogP contribution in [0, 0.1) is 20.8 Å². The van der Waals surface area contributed by atoms with Crippen molar-refractivity contribution < 1.29 is 0 Å². The molecule has 0 aliphatic carbocycles. The molecule has 0 fully saturated rings. The SMILES string of the molecule is Cc1c(-c2ccccc2)c(-c2ccccc2)c(-c2ccccc2)c([Si](Cl)(c2c(-c3ccccc3)c(C)c(-c3ccccc3)c(-c3ccccc3)c2-c2ccccc2)c2c(-c3ccccc3)c(C)c(-c3ccccc3)c(-c3ccccc3)c2-c2ccccc2)c1-c1ccccc1. The van der Waals surface area contributed by atoms with Gasteiger partial charge < -0.3 is 0 Å². The van der Waals surface area contributed by atoms with Gasteiger partial charge in [0.2, 0.25) is 0 Å². The van der Waals surface area contributed by atoms with Crippen LogP contribution in [0.3, 0.4) is 0 Å². The lowest BCUT2D eigenvalue weighted by atomic mass is 9.80. The van der Waals surface area contributed by atoms with Gasteiger partial charge in [-0.05, 0) is 187 Å². The molecule has 0 atom stereocenters. The third-order valence-corrected chi connectivity index (χ3v) is 24.3. The van der Waals surface area contributed by atoms with Crippen LogP contribution < -0.4 is 15.6 Å². The van der Waals surface area contributed by atoms with Crippen molar-refractivity contribution in [3.8, 4) is 134 Å². The minimum Gasteiger partial charge on any atom is -0.149 e. The first kappa shape index (κ1) is 60.1. The predicted molar refractivity (Wildman–Crippen MR) is 409 cm³/mol. The van der Waals surface area contributed by atoms with Gasteiger partial charge in [-0.25, -0.2) is 0 Å². The summed E-state index contributed by atoms with van der Waals surface area (Å²) >= 11 is 11.0. The lowest BCUT2D eigenvalue weighted by Crippen LogP contribution is -2.66. The zero-order valence-electron chi connectivity index (χ0n) is 53.5. The van der Waals surface area contributed by atoms with E-state index in [-0.39, 0.29) is 0 Å². The lowest BCUT2D eigenvalue weighted by molar-refractivity contribution is 1.43. The van der Waals surface area contributed by atoms with Gasteiger partial charge in [-0.3, -0.25) is 0 Å². The van der Waals surface area contributed by atoms with Gasteiger partial charge in [0.15, 0.2) is 0 Å². The average molecular weight is 1250 g/mol. The van der Waals surface area contributed by atoms with E-state index in [2.05, 4.69) is 385 Å². The van der Waals surface area contributed by atoms with Crippen LogP contribution in [0.15, 0.2) is 364 Å². The molecule has 0 aliphatic heterocycles. The van der Waals surface area contributed by atoms with E-state index in [1.807, 2.05) is 0 Å². The van der Waals surface area contributed by atoms with Crippen molar-refractivity contribution in [2.24, 2.45) is 0 Å². The molecule has 0 heterocycles. The maximum atomic E-state index is 11.0. The Balaban J connectivity index is 1.36. The first-order valence-corrected chi connectivity index (χ1v) is 35.9. The van der Waals surface area contributed by atoms with Gasteiger partial charge >= 0.3 is 0 Å². The molecule has 15 aromatic rings. The van der Waals surface area contributed by atoms with Crippen LogP contribution in [-0.2, 0) is 0 Å². The highest BCUT2D eigenvalue weighted by Crippen LogP contribution is 2.54. The molecule has 0 aromatic heterocycles. The van der Waals surface area contributed by atoms with Crippen molar-refractivity contribution in [2.75, 3.05) is 0 Å². The molecule has 95 heavy (non-hydrogen) atoms. The molecule has 0 radical (unpaired) electrons. The summed E-state index contributed by atoms with van der Waals surface area (Å²) in [5, 5.41) is 3.31. The molecule has 0 amide bonds. The van der Waals surface area contributed by atoms with Gasteiger partial charge in [-0.15, -0.1) is 11.1 Å². The summed E-state index contributed by atoms with van der Waals surface area (Å²) in [6.45, 7) is 7.14. The topological polar surface area (TPSA) is 0 Å². The van der Waals surface area contributed by atoms with Gasteiger partial charge in [-0.1, -0.05) is 364 Å². The number of hydrogen-bond acceptors (Lipinski definition) is 0. The van der Waals surface area contributed by atoms with Gasteiger partial charge in [0.1, 0.15) is 0 Å². The molecule has 0 aliphatic rings. The van der Waals surface area contributed by atoms with E-state index in [0.717, 1.165) is 166 Å². The van der Waals surface area contributed by atoms with Crippen LogP contribution in [0.4, 0.5) is 0 Å². The Hall–Kier alpha value is -11.2. The van der Waals surface area contributed by atoms with Crippen molar-refractivity contribution in [3.05, 3.63) is 381 Å². The Bertz CT molecular complexity index is 4640. The van der Waals surface area contributed by atoms with E-state index in [9.17, 15) is 11.1 Å². The summed E-state index contributed by atoms with van der Waals surface area (Å²) < 4.78 is 0. The highest BCUT2D eigenvalue weighted by Gasteiger charge is 2.52. The van der Waals surface area contributed by atoms with E-state index in [1.54, 1.807) is 0 Å². The molecule has 0 saturated carbocycles. The molecule has 0 nitrogen and oxygen atoms in total. The largest absolute Gasteiger partial charge is 0.251 e. The smallest absolute Gasteiger partial charge is 0.149 e. The van der Waals surface area contributed by atoms with Gasteiger partial charge in [0.25, 0.3) is 7.38 Å². The highest BCUT2D eigenvalue weighted by molar-refractivity contribution is 7.42. The average Bonchev–Trinajstić information content (AvgIpc) is 0.677. The second-order valence-corrected chi connectivity index (χ2v) is 29.1. The lowest BCUT2D eigenvalue weighted by Gasteiger charge is -2.42. The standard InChI is InChI=1S/C93H69ClSi/c1-64-79(67-40-16-4-17-41-67)85(73-52-28-10-29-53-73)88(76-58-34-13-35-59-76)91(82(64)70-46-22-7-23-47-70)95(94,92-83(71-48-24-8-25-49-71)65(2)80(68-42-18-5-19-43-68)86(74-54-30-11-31-55-74)89(92)77-60-36-14-37-61-77)93-84(72-50-26-9-27-51-72)66(3)81(69-44-20-6-21-45-69)87(75-56-32-12-33-57-75)90(93)78-62-38-15-39-63-78/h4-63H,1-3H3. The molecule has 0 spiro atoms. The molecule has 15 rings (SSSR count). The Morgan fingerprint density at radius 2 is 0.263 bits per heavy atom. The molecule has 0 N–H and O–H groups in total. The molecular weight excluding hydrogens is 1180 g/mol. The summed E-state index contributed by atoms with van der Waals surface area (Å²) in [4.78, 5) is 0. The minimum absolute atomic E-state index is 1.07. The van der Waals surface area contributed by atoms with Crippen molar-refractivity contribution >= 4 is 34.0 Å².